The Hall–Kier alpha value is -1.89. The number of carbonyl (C=O) groups excluding carboxylic acids is 1. The van der Waals surface area contributed by atoms with E-state index in [1.54, 1.807) is 12.1 Å². The van der Waals surface area contributed by atoms with Gasteiger partial charge in [-0.15, -0.1) is 0 Å². The van der Waals surface area contributed by atoms with E-state index in [4.69, 9.17) is 5.11 Å². The van der Waals surface area contributed by atoms with Crippen molar-refractivity contribution in [1.29, 1.82) is 0 Å². The van der Waals surface area contributed by atoms with Crippen molar-refractivity contribution in [2.75, 3.05) is 12.3 Å². The normalized spacial score (nSPS) is 20.2. The van der Waals surface area contributed by atoms with Gasteiger partial charge in [0.15, 0.2) is 9.84 Å². The molecule has 0 unspecified atom stereocenters. The third-order valence-corrected chi connectivity index (χ3v) is 6.59. The lowest BCUT2D eigenvalue weighted by Crippen LogP contribution is -2.41. The maximum absolute atomic E-state index is 12.5. The van der Waals surface area contributed by atoms with Gasteiger partial charge in [0.05, 0.1) is 10.6 Å². The average molecular weight is 351 g/mol. The molecule has 24 heavy (non-hydrogen) atoms. The van der Waals surface area contributed by atoms with Gasteiger partial charge in [0.2, 0.25) is 5.91 Å². The predicted octanol–water partition coefficient (Wildman–Crippen LogP) is 1.41. The molecule has 6 nitrogen and oxygen atoms in total. The number of hydrogen-bond donors (Lipinski definition) is 1. The van der Waals surface area contributed by atoms with E-state index in [9.17, 15) is 18.0 Å². The highest BCUT2D eigenvalue weighted by atomic mass is 32.2. The molecule has 1 amide bonds. The second-order valence-electron chi connectivity index (χ2n) is 6.44. The van der Waals surface area contributed by atoms with Crippen LogP contribution in [0.2, 0.25) is 0 Å². The van der Waals surface area contributed by atoms with Gasteiger partial charge in [0, 0.05) is 13.0 Å². The van der Waals surface area contributed by atoms with Gasteiger partial charge >= 0.3 is 5.97 Å². The summed E-state index contributed by atoms with van der Waals surface area (Å²) in [5.41, 5.74) is 2.28. The molecule has 1 atom stereocenters. The molecule has 1 aromatic carbocycles. The molecule has 1 aliphatic heterocycles. The van der Waals surface area contributed by atoms with Crippen molar-refractivity contribution < 1.29 is 23.1 Å². The summed E-state index contributed by atoms with van der Waals surface area (Å²) in [6.07, 6.45) is 3.82. The first-order valence-electron chi connectivity index (χ1n) is 8.25. The number of carboxylic acid groups (broad SMARTS) is 1. The quantitative estimate of drug-likeness (QED) is 0.866. The molecule has 0 saturated carbocycles. The van der Waals surface area contributed by atoms with Crippen LogP contribution in [-0.4, -0.2) is 48.6 Å². The fourth-order valence-electron chi connectivity index (χ4n) is 3.55. The van der Waals surface area contributed by atoms with E-state index < -0.39 is 27.8 Å². The summed E-state index contributed by atoms with van der Waals surface area (Å²) in [6, 6.07) is 4.37. The lowest BCUT2D eigenvalue weighted by molar-refractivity contribution is -0.148. The third kappa shape index (κ3) is 3.31. The number of likely N-dealkylation sites (tertiary alicyclic amines) is 1. The number of hydrogen-bond acceptors (Lipinski definition) is 4. The molecule has 0 bridgehead atoms. The Morgan fingerprint density at radius 3 is 2.67 bits per heavy atom. The Morgan fingerprint density at radius 2 is 1.92 bits per heavy atom. The largest absolute Gasteiger partial charge is 0.480 e. The molecule has 1 N–H and O–H groups in total. The Bertz CT molecular complexity index is 771. The smallest absolute Gasteiger partial charge is 0.326 e. The highest BCUT2D eigenvalue weighted by molar-refractivity contribution is 7.91. The van der Waals surface area contributed by atoms with Crippen molar-refractivity contribution in [2.24, 2.45) is 0 Å². The Kier molecular flexibility index (Phi) is 4.62. The minimum atomic E-state index is -3.54. The van der Waals surface area contributed by atoms with Gasteiger partial charge < -0.3 is 10.0 Å². The average Bonchev–Trinajstić information content (AvgIpc) is 3.20. The number of benzene rings is 1. The minimum Gasteiger partial charge on any atom is -0.480 e. The van der Waals surface area contributed by atoms with Crippen molar-refractivity contribution in [2.45, 2.75) is 49.5 Å². The van der Waals surface area contributed by atoms with E-state index >= 15 is 0 Å². The van der Waals surface area contributed by atoms with Crippen LogP contribution < -0.4 is 0 Å². The second-order valence-corrected chi connectivity index (χ2v) is 8.55. The first-order valence-corrected chi connectivity index (χ1v) is 9.90. The molecule has 2 aliphatic rings. The van der Waals surface area contributed by atoms with Gasteiger partial charge in [0.25, 0.3) is 0 Å². The van der Waals surface area contributed by atoms with Gasteiger partial charge in [0.1, 0.15) is 6.04 Å². The third-order valence-electron chi connectivity index (χ3n) is 4.87. The Balaban J connectivity index is 1.67. The number of aliphatic carboxylic acids is 1. The van der Waals surface area contributed by atoms with Crippen LogP contribution in [-0.2, 0) is 32.3 Å². The molecule has 7 heteroatoms. The monoisotopic (exact) mass is 351 g/mol. The van der Waals surface area contributed by atoms with Gasteiger partial charge in [-0.3, -0.25) is 4.79 Å². The summed E-state index contributed by atoms with van der Waals surface area (Å²) in [5.74, 6) is -1.71. The van der Waals surface area contributed by atoms with Crippen LogP contribution in [0.25, 0.3) is 0 Å². The topological polar surface area (TPSA) is 91.8 Å². The maximum Gasteiger partial charge on any atom is 0.326 e. The van der Waals surface area contributed by atoms with Crippen LogP contribution in [0.4, 0.5) is 0 Å². The van der Waals surface area contributed by atoms with E-state index in [1.807, 2.05) is 6.07 Å². The van der Waals surface area contributed by atoms with Gasteiger partial charge in [-0.2, -0.15) is 0 Å². The van der Waals surface area contributed by atoms with Crippen molar-refractivity contribution >= 4 is 21.7 Å². The molecule has 1 fully saturated rings. The predicted molar refractivity (Wildman–Crippen MR) is 87.5 cm³/mol. The summed E-state index contributed by atoms with van der Waals surface area (Å²) in [7, 11) is -3.54. The van der Waals surface area contributed by atoms with E-state index in [0.717, 1.165) is 24.8 Å². The minimum absolute atomic E-state index is 0.177. The Labute approximate surface area is 141 Å². The van der Waals surface area contributed by atoms with Crippen LogP contribution in [0, 0.1) is 0 Å². The zero-order chi connectivity index (χ0) is 17.3. The zero-order valence-corrected chi connectivity index (χ0v) is 14.2. The van der Waals surface area contributed by atoms with E-state index in [-0.39, 0.29) is 17.1 Å². The first-order chi connectivity index (χ1) is 11.4. The molecule has 1 aliphatic carbocycles. The van der Waals surface area contributed by atoms with Crippen molar-refractivity contribution in [1.82, 2.24) is 4.90 Å². The van der Waals surface area contributed by atoms with Crippen molar-refractivity contribution in [3.8, 4) is 0 Å². The van der Waals surface area contributed by atoms with Gasteiger partial charge in [-0.25, -0.2) is 13.2 Å². The van der Waals surface area contributed by atoms with Crippen LogP contribution >= 0.6 is 0 Å². The molecule has 3 rings (SSSR count). The number of amides is 1. The lowest BCUT2D eigenvalue weighted by atomic mass is 10.1. The molecular weight excluding hydrogens is 330 g/mol. The van der Waals surface area contributed by atoms with Crippen LogP contribution in [0.1, 0.15) is 36.8 Å². The number of sulfone groups is 1. The standard InChI is InChI=1S/C17H21NO5S/c19-16(18-9-2-5-15(18)17(20)21)8-10-24(22,23)14-7-6-12-3-1-4-13(12)11-14/h6-7,11,15H,1-5,8-10H2,(H,20,21)/t15-/m1/s1. The number of carboxylic acids is 1. The van der Waals surface area contributed by atoms with Crippen LogP contribution in [0.5, 0.6) is 0 Å². The molecule has 0 radical (unpaired) electrons. The fourth-order valence-corrected chi connectivity index (χ4v) is 4.82. The molecule has 0 aromatic heterocycles. The zero-order valence-electron chi connectivity index (χ0n) is 13.4. The van der Waals surface area contributed by atoms with Gasteiger partial charge in [-0.1, -0.05) is 6.07 Å². The maximum atomic E-state index is 12.5. The van der Waals surface area contributed by atoms with Crippen LogP contribution in [0.15, 0.2) is 23.1 Å². The molecule has 130 valence electrons. The summed E-state index contributed by atoms with van der Waals surface area (Å²) in [6.45, 7) is 0.384. The van der Waals surface area contributed by atoms with E-state index in [1.165, 1.54) is 10.5 Å². The second kappa shape index (κ2) is 6.55. The van der Waals surface area contributed by atoms with Crippen molar-refractivity contribution in [3.63, 3.8) is 0 Å². The highest BCUT2D eigenvalue weighted by Crippen LogP contribution is 2.26. The SMILES string of the molecule is O=C(O)[C@H]1CCCN1C(=O)CCS(=O)(=O)c1ccc2c(c1)CCC2. The summed E-state index contributed by atoms with van der Waals surface area (Å²) in [4.78, 5) is 24.9. The van der Waals surface area contributed by atoms with Crippen molar-refractivity contribution in [3.05, 3.63) is 29.3 Å². The first kappa shape index (κ1) is 17.0. The number of carbonyl (C=O) groups is 2. The highest BCUT2D eigenvalue weighted by Gasteiger charge is 2.34. The Morgan fingerprint density at radius 1 is 1.17 bits per heavy atom. The molecule has 1 saturated heterocycles. The molecule has 1 heterocycles. The number of fused-ring (bicyclic) bond motifs is 1. The molecule has 0 spiro atoms. The summed E-state index contributed by atoms with van der Waals surface area (Å²) >= 11 is 0. The lowest BCUT2D eigenvalue weighted by Gasteiger charge is -2.21. The molecule has 1 aromatic rings. The molecular formula is C17H21NO5S. The van der Waals surface area contributed by atoms with Gasteiger partial charge in [-0.05, 0) is 55.4 Å². The number of aryl methyl sites for hydroxylation is 2. The fraction of sp³-hybridized carbons (Fsp3) is 0.529. The summed E-state index contributed by atoms with van der Waals surface area (Å²) in [5, 5.41) is 9.12. The van der Waals surface area contributed by atoms with E-state index in [0.29, 0.717) is 19.4 Å². The van der Waals surface area contributed by atoms with E-state index in [2.05, 4.69) is 0 Å². The summed E-state index contributed by atoms with van der Waals surface area (Å²) < 4.78 is 25.0. The number of nitrogens with zero attached hydrogens (tertiary/aromatic N) is 1. The van der Waals surface area contributed by atoms with Crippen LogP contribution in [0.3, 0.4) is 0 Å². The number of rotatable bonds is 5.